The molecule has 0 spiro atoms. The molecule has 2 aromatic carbocycles. The van der Waals surface area contributed by atoms with E-state index in [0.717, 1.165) is 43.2 Å². The molecule has 6 atom stereocenters. The SMILES string of the molecule is C[C@@H]1[C@@H](C)C/C=C/[C@](O)(C[S@@](C)=O)[C@@H]2CC[C@H]2CN2CCCCc3cc(Cl)ccc3COc3ccc(cc32)C(=O)NS1(=O)=O. The van der Waals surface area contributed by atoms with Gasteiger partial charge in [-0.3, -0.25) is 9.00 Å². The third-order valence-corrected chi connectivity index (χ3v) is 12.6. The molecular weight excluding hydrogens is 620 g/mol. The van der Waals surface area contributed by atoms with Crippen LogP contribution in [-0.4, -0.2) is 59.6 Å². The highest BCUT2D eigenvalue weighted by atomic mass is 35.5. The van der Waals surface area contributed by atoms with Crippen molar-refractivity contribution in [1.82, 2.24) is 4.72 Å². The van der Waals surface area contributed by atoms with Crippen molar-refractivity contribution in [3.63, 3.8) is 0 Å². The molecule has 240 valence electrons. The lowest BCUT2D eigenvalue weighted by atomic mass is 9.64. The molecule has 1 saturated carbocycles. The minimum Gasteiger partial charge on any atom is -0.487 e. The molecular formula is C33H43ClN2O6S2. The average molecular weight is 663 g/mol. The molecule has 2 N–H and O–H groups in total. The molecule has 11 heteroatoms. The third-order valence-electron chi connectivity index (χ3n) is 9.63. The molecule has 2 aromatic rings. The van der Waals surface area contributed by atoms with Gasteiger partial charge in [-0.15, -0.1) is 0 Å². The average Bonchev–Trinajstić information content (AvgIpc) is 2.96. The van der Waals surface area contributed by atoms with Gasteiger partial charge in [0.15, 0.2) is 0 Å². The van der Waals surface area contributed by atoms with E-state index in [9.17, 15) is 22.5 Å². The molecule has 2 aliphatic heterocycles. The molecule has 3 aliphatic rings. The van der Waals surface area contributed by atoms with Crippen LogP contribution in [0.25, 0.3) is 0 Å². The number of hydrogen-bond acceptors (Lipinski definition) is 7. The highest BCUT2D eigenvalue weighted by Gasteiger charge is 2.46. The van der Waals surface area contributed by atoms with Crippen LogP contribution in [0.3, 0.4) is 0 Å². The van der Waals surface area contributed by atoms with Crippen LogP contribution in [0.2, 0.25) is 5.02 Å². The van der Waals surface area contributed by atoms with E-state index in [1.54, 1.807) is 37.5 Å². The summed E-state index contributed by atoms with van der Waals surface area (Å²) in [7, 11) is -5.23. The van der Waals surface area contributed by atoms with Gasteiger partial charge < -0.3 is 14.7 Å². The van der Waals surface area contributed by atoms with E-state index < -0.39 is 37.6 Å². The van der Waals surface area contributed by atoms with Crippen molar-refractivity contribution in [2.24, 2.45) is 17.8 Å². The molecule has 5 rings (SSSR count). The Labute approximate surface area is 268 Å². The number of allylic oxidation sites excluding steroid dienone is 1. The number of halogens is 1. The van der Waals surface area contributed by atoms with Crippen LogP contribution in [0.4, 0.5) is 5.69 Å². The first-order valence-electron chi connectivity index (χ1n) is 15.4. The predicted octanol–water partition coefficient (Wildman–Crippen LogP) is 5.24. The van der Waals surface area contributed by atoms with Gasteiger partial charge in [-0.1, -0.05) is 36.7 Å². The van der Waals surface area contributed by atoms with Crippen molar-refractivity contribution in [3.8, 4) is 5.75 Å². The van der Waals surface area contributed by atoms with Crippen molar-refractivity contribution in [2.45, 2.75) is 69.8 Å². The predicted molar refractivity (Wildman–Crippen MR) is 176 cm³/mol. The summed E-state index contributed by atoms with van der Waals surface area (Å²) in [6.07, 6.45) is 9.92. The van der Waals surface area contributed by atoms with Gasteiger partial charge in [0.1, 0.15) is 12.4 Å². The van der Waals surface area contributed by atoms with Crippen LogP contribution < -0.4 is 14.4 Å². The molecule has 0 unspecified atom stereocenters. The van der Waals surface area contributed by atoms with Crippen LogP contribution in [0.5, 0.6) is 5.75 Å². The largest absolute Gasteiger partial charge is 0.487 e. The second kappa shape index (κ2) is 13.5. The van der Waals surface area contributed by atoms with Gasteiger partial charge >= 0.3 is 0 Å². The molecule has 8 nitrogen and oxygen atoms in total. The number of nitrogens with one attached hydrogen (secondary N) is 1. The second-order valence-electron chi connectivity index (χ2n) is 12.7. The summed E-state index contributed by atoms with van der Waals surface area (Å²) in [5, 5.41) is 11.8. The Kier molecular flexibility index (Phi) is 10.1. The maximum Gasteiger partial charge on any atom is 0.264 e. The maximum atomic E-state index is 13.4. The molecule has 44 heavy (non-hydrogen) atoms. The van der Waals surface area contributed by atoms with E-state index in [4.69, 9.17) is 16.3 Å². The molecule has 0 aromatic heterocycles. The minimum atomic E-state index is -3.99. The summed E-state index contributed by atoms with van der Waals surface area (Å²) in [6.45, 7) is 5.01. The minimum absolute atomic E-state index is 0.104. The number of ether oxygens (including phenoxy) is 1. The number of aliphatic hydroxyl groups is 1. The van der Waals surface area contributed by atoms with Gasteiger partial charge in [0, 0.05) is 40.7 Å². The first kappa shape index (κ1) is 33.0. The zero-order chi connectivity index (χ0) is 31.6. The van der Waals surface area contributed by atoms with Gasteiger partial charge in [0.25, 0.3) is 5.91 Å². The Morgan fingerprint density at radius 3 is 2.66 bits per heavy atom. The monoisotopic (exact) mass is 662 g/mol. The number of amides is 1. The quantitative estimate of drug-likeness (QED) is 0.423. The number of benzene rings is 2. The van der Waals surface area contributed by atoms with Gasteiger partial charge in [-0.2, -0.15) is 0 Å². The smallest absolute Gasteiger partial charge is 0.264 e. The van der Waals surface area contributed by atoms with Crippen molar-refractivity contribution >= 4 is 44.0 Å². The topological polar surface area (TPSA) is 113 Å². The van der Waals surface area contributed by atoms with Gasteiger partial charge in [0.2, 0.25) is 10.0 Å². The standard InChI is InChI=1S/C33H43ClN2O6S2/c1-22-7-6-15-33(38,21-43(3)39)29-13-10-26(29)19-36-16-5-4-8-24-17-28(34)12-9-27(24)20-42-31-14-11-25(18-30(31)36)32(37)35-44(40,41)23(22)2/h6,9,11-12,14-15,17-18,22-23,26,29,38H,4-5,7-8,10,13,16,19-21H2,1-3H3,(H,35,37)/b15-6+/t22-,23+,26-,29+,33-,43+/m0/s1. The number of nitrogens with zero attached hydrogens (tertiary/aromatic N) is 1. The molecule has 1 amide bonds. The van der Waals surface area contributed by atoms with E-state index in [-0.39, 0.29) is 29.1 Å². The number of sulfonamides is 1. The van der Waals surface area contributed by atoms with Crippen LogP contribution >= 0.6 is 11.6 Å². The highest BCUT2D eigenvalue weighted by molar-refractivity contribution is 7.90. The summed E-state index contributed by atoms with van der Waals surface area (Å²) in [4.78, 5) is 15.6. The van der Waals surface area contributed by atoms with Crippen LogP contribution in [0, 0.1) is 17.8 Å². The fraction of sp³-hybridized carbons (Fsp3) is 0.545. The zero-order valence-corrected chi connectivity index (χ0v) is 28.0. The number of aryl methyl sites for hydroxylation is 1. The highest BCUT2D eigenvalue weighted by Crippen LogP contribution is 2.45. The van der Waals surface area contributed by atoms with E-state index in [1.165, 1.54) is 0 Å². The van der Waals surface area contributed by atoms with Crippen molar-refractivity contribution in [3.05, 3.63) is 70.3 Å². The lowest BCUT2D eigenvalue weighted by molar-refractivity contribution is -0.0281. The van der Waals surface area contributed by atoms with Gasteiger partial charge in [-0.25, -0.2) is 13.1 Å². The number of hydrogen-bond donors (Lipinski definition) is 2. The lowest BCUT2D eigenvalue weighted by Gasteiger charge is -2.48. The molecule has 0 radical (unpaired) electrons. The van der Waals surface area contributed by atoms with Crippen LogP contribution in [0.1, 0.15) is 67.4 Å². The molecule has 2 bridgehead atoms. The second-order valence-corrected chi connectivity index (χ2v) is 16.6. The fourth-order valence-electron chi connectivity index (χ4n) is 6.68. The summed E-state index contributed by atoms with van der Waals surface area (Å²) in [5.74, 6) is -0.266. The number of carbonyl (C=O) groups excluding carboxylic acids is 1. The number of carbonyl (C=O) groups is 1. The molecule has 0 saturated heterocycles. The molecule has 1 aliphatic carbocycles. The van der Waals surface area contributed by atoms with E-state index in [0.29, 0.717) is 42.6 Å². The Morgan fingerprint density at radius 2 is 1.93 bits per heavy atom. The normalized spacial score (nSPS) is 30.7. The Morgan fingerprint density at radius 1 is 1.14 bits per heavy atom. The zero-order valence-electron chi connectivity index (χ0n) is 25.6. The summed E-state index contributed by atoms with van der Waals surface area (Å²) in [5.41, 5.74) is 1.86. The van der Waals surface area contributed by atoms with E-state index in [2.05, 4.69) is 9.62 Å². The summed E-state index contributed by atoms with van der Waals surface area (Å²) >= 11 is 6.31. The Bertz CT molecular complexity index is 1550. The number of rotatable bonds is 2. The van der Waals surface area contributed by atoms with Crippen molar-refractivity contribution in [2.75, 3.05) is 30.0 Å². The third kappa shape index (κ3) is 7.35. The Balaban J connectivity index is 1.58. The van der Waals surface area contributed by atoms with Gasteiger partial charge in [0.05, 0.1) is 22.3 Å². The first-order chi connectivity index (χ1) is 20.9. The van der Waals surface area contributed by atoms with E-state index in [1.807, 2.05) is 31.2 Å². The summed E-state index contributed by atoms with van der Waals surface area (Å²) < 4.78 is 47.6. The fourth-order valence-corrected chi connectivity index (χ4v) is 9.12. The lowest BCUT2D eigenvalue weighted by Crippen LogP contribution is -2.52. The van der Waals surface area contributed by atoms with Crippen molar-refractivity contribution < 1.29 is 27.3 Å². The first-order valence-corrected chi connectivity index (χ1v) is 19.1. The van der Waals surface area contributed by atoms with Crippen LogP contribution in [-0.2, 0) is 33.9 Å². The van der Waals surface area contributed by atoms with Crippen LogP contribution in [0.15, 0.2) is 48.6 Å². The number of anilines is 1. The Hall–Kier alpha value is -2.40. The van der Waals surface area contributed by atoms with E-state index >= 15 is 0 Å². The van der Waals surface area contributed by atoms with Gasteiger partial charge in [-0.05, 0) is 105 Å². The number of fused-ring (bicyclic) bond motifs is 3. The summed E-state index contributed by atoms with van der Waals surface area (Å²) in [6, 6.07) is 10.9. The molecule has 1 fully saturated rings. The maximum absolute atomic E-state index is 13.4. The molecule has 2 heterocycles. The van der Waals surface area contributed by atoms with Crippen molar-refractivity contribution in [1.29, 1.82) is 0 Å².